The summed E-state index contributed by atoms with van der Waals surface area (Å²) in [6, 6.07) is 24.2. The van der Waals surface area contributed by atoms with Crippen molar-refractivity contribution < 1.29 is 4.79 Å². The summed E-state index contributed by atoms with van der Waals surface area (Å²) in [6.45, 7) is 5.23. The van der Waals surface area contributed by atoms with E-state index >= 15 is 0 Å². The number of carbonyl (C=O) groups excluding carboxylic acids is 1. The second kappa shape index (κ2) is 10.7. The molecule has 0 aliphatic rings. The van der Waals surface area contributed by atoms with Crippen LogP contribution < -0.4 is 5.56 Å². The molecule has 0 bridgehead atoms. The van der Waals surface area contributed by atoms with Crippen LogP contribution in [0.4, 0.5) is 0 Å². The van der Waals surface area contributed by atoms with Crippen LogP contribution in [-0.2, 0) is 6.42 Å². The molecule has 1 amide bonds. The average molecular weight is 469 g/mol. The molecule has 1 atom stereocenters. The van der Waals surface area contributed by atoms with Crippen molar-refractivity contribution in [3.63, 3.8) is 0 Å². The number of aryl methyl sites for hydroxylation is 1. The Labute approximate surface area is 206 Å². The number of hydrogen-bond acceptors (Lipinski definition) is 4. The second-order valence-electron chi connectivity index (χ2n) is 8.99. The van der Waals surface area contributed by atoms with Crippen LogP contribution in [0, 0.1) is 0 Å². The van der Waals surface area contributed by atoms with E-state index in [4.69, 9.17) is 4.98 Å². The fraction of sp³-hybridized carbons (Fsp3) is 0.276. The molecular weight excluding hydrogens is 436 g/mol. The lowest BCUT2D eigenvalue weighted by molar-refractivity contribution is 0.0667. The predicted octanol–water partition coefficient (Wildman–Crippen LogP) is 4.71. The lowest BCUT2D eigenvalue weighted by Gasteiger charge is -2.31. The first kappa shape index (κ1) is 24.4. The number of fused-ring (bicyclic) bond motifs is 1. The van der Waals surface area contributed by atoms with Crippen LogP contribution in [-0.4, -0.2) is 52.4 Å². The monoisotopic (exact) mass is 468 g/mol. The number of nitrogens with zero attached hydrogens (tertiary/aromatic N) is 4. The quantitative estimate of drug-likeness (QED) is 0.376. The molecule has 0 spiro atoms. The number of amides is 1. The molecule has 1 heterocycles. The standard InChI is InChI=1S/C29H32N4O2/c1-5-22-15-17-23(18-16-22)28(34)32(20-19-31(3)4)21(2)27-30-26-14-10-9-13-25(26)29(35)33(27)24-11-7-6-8-12-24/h6-18,21H,5,19-20H2,1-4H3. The van der Waals surface area contributed by atoms with E-state index < -0.39 is 6.04 Å². The van der Waals surface area contributed by atoms with Gasteiger partial charge in [-0.05, 0) is 69.4 Å². The van der Waals surface area contributed by atoms with E-state index in [1.165, 1.54) is 5.56 Å². The maximum Gasteiger partial charge on any atom is 0.266 e. The van der Waals surface area contributed by atoms with E-state index in [0.29, 0.717) is 35.4 Å². The van der Waals surface area contributed by atoms with Crippen LogP contribution in [0.1, 0.15) is 41.6 Å². The van der Waals surface area contributed by atoms with Crippen molar-refractivity contribution in [2.24, 2.45) is 0 Å². The zero-order valence-corrected chi connectivity index (χ0v) is 20.8. The van der Waals surface area contributed by atoms with Gasteiger partial charge in [0.1, 0.15) is 5.82 Å². The number of aromatic nitrogens is 2. The number of para-hydroxylation sites is 2. The first-order valence-electron chi connectivity index (χ1n) is 12.0. The van der Waals surface area contributed by atoms with E-state index in [-0.39, 0.29) is 11.5 Å². The van der Waals surface area contributed by atoms with Gasteiger partial charge in [-0.25, -0.2) is 4.98 Å². The van der Waals surface area contributed by atoms with Crippen LogP contribution in [0.2, 0.25) is 0 Å². The fourth-order valence-corrected chi connectivity index (χ4v) is 4.22. The first-order chi connectivity index (χ1) is 16.9. The van der Waals surface area contributed by atoms with Crippen LogP contribution >= 0.6 is 0 Å². The molecule has 180 valence electrons. The second-order valence-corrected chi connectivity index (χ2v) is 8.99. The highest BCUT2D eigenvalue weighted by Gasteiger charge is 2.27. The van der Waals surface area contributed by atoms with Gasteiger partial charge in [0.05, 0.1) is 22.6 Å². The summed E-state index contributed by atoms with van der Waals surface area (Å²) >= 11 is 0. The lowest BCUT2D eigenvalue weighted by atomic mass is 10.1. The van der Waals surface area contributed by atoms with Gasteiger partial charge in [0.2, 0.25) is 0 Å². The minimum atomic E-state index is -0.439. The Bertz CT molecular complexity index is 1360. The van der Waals surface area contributed by atoms with Crippen LogP contribution in [0.3, 0.4) is 0 Å². The molecular formula is C29H32N4O2. The van der Waals surface area contributed by atoms with Gasteiger partial charge in [0.25, 0.3) is 11.5 Å². The number of benzene rings is 3. The van der Waals surface area contributed by atoms with Gasteiger partial charge >= 0.3 is 0 Å². The molecule has 1 unspecified atom stereocenters. The van der Waals surface area contributed by atoms with Crippen molar-refractivity contribution in [2.45, 2.75) is 26.3 Å². The molecule has 0 saturated carbocycles. The van der Waals surface area contributed by atoms with E-state index in [1.807, 2.05) is 104 Å². The average Bonchev–Trinajstić information content (AvgIpc) is 2.89. The third kappa shape index (κ3) is 5.17. The Morgan fingerprint density at radius 2 is 1.57 bits per heavy atom. The van der Waals surface area contributed by atoms with Gasteiger partial charge < -0.3 is 9.80 Å². The zero-order chi connectivity index (χ0) is 24.9. The fourth-order valence-electron chi connectivity index (χ4n) is 4.22. The topological polar surface area (TPSA) is 58.4 Å². The maximum atomic E-state index is 13.8. The summed E-state index contributed by atoms with van der Waals surface area (Å²) in [7, 11) is 3.97. The van der Waals surface area contributed by atoms with Crippen LogP contribution in [0.15, 0.2) is 83.7 Å². The molecule has 0 radical (unpaired) electrons. The highest BCUT2D eigenvalue weighted by molar-refractivity contribution is 5.94. The molecule has 0 aliphatic carbocycles. The molecule has 0 N–H and O–H groups in total. The van der Waals surface area contributed by atoms with Gasteiger partial charge in [0, 0.05) is 18.7 Å². The Hall–Kier alpha value is -3.77. The molecule has 4 aromatic rings. The SMILES string of the molecule is CCc1ccc(C(=O)N(CCN(C)C)C(C)c2nc3ccccc3c(=O)n2-c2ccccc2)cc1. The lowest BCUT2D eigenvalue weighted by Crippen LogP contribution is -2.41. The maximum absolute atomic E-state index is 13.8. The molecule has 6 nitrogen and oxygen atoms in total. The molecule has 1 aromatic heterocycles. The number of carbonyl (C=O) groups is 1. The molecule has 0 fully saturated rings. The molecule has 0 saturated heterocycles. The first-order valence-corrected chi connectivity index (χ1v) is 12.0. The van der Waals surface area contributed by atoms with Gasteiger partial charge in [-0.15, -0.1) is 0 Å². The normalized spacial score (nSPS) is 12.1. The minimum absolute atomic E-state index is 0.0796. The van der Waals surface area contributed by atoms with Gasteiger partial charge in [-0.3, -0.25) is 14.2 Å². The molecule has 3 aromatic carbocycles. The molecule has 6 heteroatoms. The predicted molar refractivity (Wildman–Crippen MR) is 141 cm³/mol. The van der Waals surface area contributed by atoms with Gasteiger partial charge in [-0.1, -0.05) is 49.4 Å². The van der Waals surface area contributed by atoms with Crippen LogP contribution in [0.5, 0.6) is 0 Å². The minimum Gasteiger partial charge on any atom is -0.327 e. The van der Waals surface area contributed by atoms with Crippen molar-refractivity contribution in [3.05, 3.63) is 106 Å². The van der Waals surface area contributed by atoms with E-state index in [2.05, 4.69) is 6.92 Å². The van der Waals surface area contributed by atoms with Gasteiger partial charge in [0.15, 0.2) is 0 Å². The number of hydrogen-bond donors (Lipinski definition) is 0. The van der Waals surface area contributed by atoms with Crippen molar-refractivity contribution in [1.29, 1.82) is 0 Å². The molecule has 0 aliphatic heterocycles. The largest absolute Gasteiger partial charge is 0.327 e. The zero-order valence-electron chi connectivity index (χ0n) is 20.8. The van der Waals surface area contributed by atoms with Crippen molar-refractivity contribution >= 4 is 16.8 Å². The van der Waals surface area contributed by atoms with E-state index in [1.54, 1.807) is 10.6 Å². The summed E-state index contributed by atoms with van der Waals surface area (Å²) in [5, 5.41) is 0.550. The summed E-state index contributed by atoms with van der Waals surface area (Å²) in [6.07, 6.45) is 0.916. The molecule has 35 heavy (non-hydrogen) atoms. The van der Waals surface area contributed by atoms with Crippen molar-refractivity contribution in [3.8, 4) is 5.69 Å². The van der Waals surface area contributed by atoms with Crippen molar-refractivity contribution in [1.82, 2.24) is 19.4 Å². The Morgan fingerprint density at radius 3 is 2.23 bits per heavy atom. The van der Waals surface area contributed by atoms with Crippen molar-refractivity contribution in [2.75, 3.05) is 27.2 Å². The Balaban J connectivity index is 1.86. The molecule has 4 rings (SSSR count). The van der Waals surface area contributed by atoms with Gasteiger partial charge in [-0.2, -0.15) is 0 Å². The highest BCUT2D eigenvalue weighted by atomic mass is 16.2. The summed E-state index contributed by atoms with van der Waals surface area (Å²) in [5.74, 6) is 0.459. The van der Waals surface area contributed by atoms with E-state index in [9.17, 15) is 9.59 Å². The smallest absolute Gasteiger partial charge is 0.266 e. The summed E-state index contributed by atoms with van der Waals surface area (Å²) in [4.78, 5) is 36.2. The van der Waals surface area contributed by atoms with Crippen LogP contribution in [0.25, 0.3) is 16.6 Å². The Morgan fingerprint density at radius 1 is 0.914 bits per heavy atom. The summed E-state index contributed by atoms with van der Waals surface area (Å²) in [5.41, 5.74) is 3.02. The number of likely N-dealkylation sites (N-methyl/N-ethyl adjacent to an activating group) is 1. The summed E-state index contributed by atoms with van der Waals surface area (Å²) < 4.78 is 1.64. The third-order valence-electron chi connectivity index (χ3n) is 6.32. The third-order valence-corrected chi connectivity index (χ3v) is 6.32. The number of rotatable bonds is 8. The highest BCUT2D eigenvalue weighted by Crippen LogP contribution is 2.24. The van der Waals surface area contributed by atoms with E-state index in [0.717, 1.165) is 12.1 Å². The Kier molecular flexibility index (Phi) is 7.42.